The zero-order chi connectivity index (χ0) is 19.1. The van der Waals surface area contributed by atoms with Gasteiger partial charge >= 0.3 is 0 Å². The predicted octanol–water partition coefficient (Wildman–Crippen LogP) is 5.01. The summed E-state index contributed by atoms with van der Waals surface area (Å²) in [6, 6.07) is 10.3. The van der Waals surface area contributed by atoms with Crippen molar-refractivity contribution in [1.82, 2.24) is 4.98 Å². The third-order valence-electron chi connectivity index (χ3n) is 4.31. The number of non-ortho nitro benzene ring substituents is 1. The summed E-state index contributed by atoms with van der Waals surface area (Å²) in [5.74, 6) is -0.191. The van der Waals surface area contributed by atoms with Crippen LogP contribution in [-0.2, 0) is 11.2 Å². The van der Waals surface area contributed by atoms with E-state index in [0.717, 1.165) is 38.8 Å². The molecule has 2 N–H and O–H groups in total. The second-order valence-electron chi connectivity index (χ2n) is 6.11. The second kappa shape index (κ2) is 6.89. The van der Waals surface area contributed by atoms with E-state index in [0.29, 0.717) is 11.3 Å². The lowest BCUT2D eigenvalue weighted by Gasteiger charge is -2.13. The van der Waals surface area contributed by atoms with E-state index in [-0.39, 0.29) is 11.6 Å². The molecule has 1 amide bonds. The Kier molecular flexibility index (Phi) is 4.56. The van der Waals surface area contributed by atoms with Crippen molar-refractivity contribution in [2.24, 2.45) is 0 Å². The van der Waals surface area contributed by atoms with Gasteiger partial charge in [0.25, 0.3) is 5.69 Å². The van der Waals surface area contributed by atoms with Crippen LogP contribution in [0.15, 0.2) is 36.4 Å². The summed E-state index contributed by atoms with van der Waals surface area (Å²) in [5.41, 5.74) is 5.06. The first-order valence-electron chi connectivity index (χ1n) is 8.02. The van der Waals surface area contributed by atoms with Crippen molar-refractivity contribution in [3.63, 3.8) is 0 Å². The minimum absolute atomic E-state index is 0.00696. The Morgan fingerprint density at radius 1 is 1.30 bits per heavy atom. The molecule has 0 unspecified atom stereocenters. The van der Waals surface area contributed by atoms with Gasteiger partial charge in [0.05, 0.1) is 33.5 Å². The molecule has 0 saturated carbocycles. The number of hydrogen-bond acceptors (Lipinski definition) is 6. The molecule has 0 radical (unpaired) electrons. The van der Waals surface area contributed by atoms with E-state index in [1.807, 2.05) is 12.1 Å². The maximum Gasteiger partial charge on any atom is 0.270 e. The number of aromatic nitrogens is 1. The van der Waals surface area contributed by atoms with Crippen LogP contribution in [0.1, 0.15) is 17.4 Å². The Bertz CT molecular complexity index is 1100. The average Bonchev–Trinajstić information content (AvgIpc) is 3.17. The highest BCUT2D eigenvalue weighted by molar-refractivity contribution is 14.1. The van der Waals surface area contributed by atoms with E-state index in [9.17, 15) is 14.9 Å². The molecular weight excluding hydrogens is 479 g/mol. The molecule has 0 fully saturated rings. The smallest absolute Gasteiger partial charge is 0.270 e. The molecule has 136 valence electrons. The fraction of sp³-hybridized carbons (Fsp3) is 0.111. The molecule has 0 atom stereocenters. The Hall–Kier alpha value is -2.53. The van der Waals surface area contributed by atoms with Crippen LogP contribution in [0.5, 0.6) is 0 Å². The molecule has 0 aliphatic heterocycles. The van der Waals surface area contributed by atoms with E-state index in [1.54, 1.807) is 23.5 Å². The molecule has 0 saturated heterocycles. The van der Waals surface area contributed by atoms with Crippen molar-refractivity contribution in [3.05, 3.63) is 57.0 Å². The van der Waals surface area contributed by atoms with Crippen molar-refractivity contribution >= 4 is 56.6 Å². The number of anilines is 2. The van der Waals surface area contributed by atoms with Gasteiger partial charge in [-0.25, -0.2) is 4.98 Å². The van der Waals surface area contributed by atoms with E-state index in [2.05, 4.69) is 36.7 Å². The number of fused-ring (bicyclic) bond motifs is 3. The van der Waals surface area contributed by atoms with E-state index < -0.39 is 4.92 Å². The topological polar surface area (TPSA) is 97.2 Å². The molecular formula is C18H13IN4O3S. The van der Waals surface area contributed by atoms with Gasteiger partial charge in [0.1, 0.15) is 0 Å². The van der Waals surface area contributed by atoms with Gasteiger partial charge in [-0.1, -0.05) is 12.1 Å². The van der Waals surface area contributed by atoms with Crippen molar-refractivity contribution < 1.29 is 9.72 Å². The van der Waals surface area contributed by atoms with E-state index in [1.165, 1.54) is 19.1 Å². The van der Waals surface area contributed by atoms with Gasteiger partial charge < -0.3 is 8.85 Å². The van der Waals surface area contributed by atoms with Crippen molar-refractivity contribution in [3.8, 4) is 22.4 Å². The molecule has 7 nitrogen and oxygen atoms in total. The Balaban J connectivity index is 1.89. The number of carbonyl (C=O) groups is 1. The number of thiazole rings is 1. The maximum atomic E-state index is 11.7. The normalized spacial score (nSPS) is 11.6. The minimum atomic E-state index is -0.425. The van der Waals surface area contributed by atoms with Crippen LogP contribution in [0.25, 0.3) is 22.4 Å². The quantitative estimate of drug-likeness (QED) is 0.181. The van der Waals surface area contributed by atoms with Crippen molar-refractivity contribution in [1.29, 1.82) is 0 Å². The molecule has 1 aliphatic carbocycles. The fourth-order valence-electron chi connectivity index (χ4n) is 3.23. The molecule has 4 rings (SSSR count). The molecule has 1 heterocycles. The van der Waals surface area contributed by atoms with Crippen LogP contribution in [0, 0.1) is 10.1 Å². The summed E-state index contributed by atoms with van der Waals surface area (Å²) < 4.78 is 3.04. The SMILES string of the molecule is CC(=O)Nc1cc2c(cc1-c1cccc([N+](=O)[O-])c1)-c1nc(NI)sc1C2. The maximum absolute atomic E-state index is 11.7. The van der Waals surface area contributed by atoms with Crippen LogP contribution in [-0.4, -0.2) is 15.8 Å². The van der Waals surface area contributed by atoms with Crippen LogP contribution >= 0.6 is 34.2 Å². The Morgan fingerprint density at radius 2 is 2.11 bits per heavy atom. The van der Waals surface area contributed by atoms with Crippen LogP contribution in [0.3, 0.4) is 0 Å². The number of hydrogen-bond donors (Lipinski definition) is 2. The number of rotatable bonds is 4. The number of carbonyl (C=O) groups excluding carboxylic acids is 1. The fourth-order valence-corrected chi connectivity index (χ4v) is 4.57. The van der Waals surface area contributed by atoms with Crippen LogP contribution in [0.4, 0.5) is 16.5 Å². The first-order chi connectivity index (χ1) is 13.0. The second-order valence-corrected chi connectivity index (χ2v) is 7.73. The molecule has 27 heavy (non-hydrogen) atoms. The van der Waals surface area contributed by atoms with Gasteiger partial charge in [-0.3, -0.25) is 14.9 Å². The summed E-state index contributed by atoms with van der Waals surface area (Å²) in [4.78, 5) is 28.2. The van der Waals surface area contributed by atoms with Gasteiger partial charge in [-0.2, -0.15) is 0 Å². The number of benzene rings is 2. The largest absolute Gasteiger partial charge is 0.326 e. The highest BCUT2D eigenvalue weighted by Gasteiger charge is 2.26. The molecule has 1 aromatic heterocycles. The molecule has 3 aromatic rings. The molecule has 0 spiro atoms. The lowest BCUT2D eigenvalue weighted by molar-refractivity contribution is -0.384. The number of nitro groups is 1. The summed E-state index contributed by atoms with van der Waals surface area (Å²) in [6.07, 6.45) is 0.752. The highest BCUT2D eigenvalue weighted by Crippen LogP contribution is 2.45. The molecule has 9 heteroatoms. The predicted molar refractivity (Wildman–Crippen MR) is 114 cm³/mol. The number of nitro benzene ring substituents is 1. The number of nitrogens with one attached hydrogen (secondary N) is 2. The van der Waals surface area contributed by atoms with Gasteiger partial charge in [0, 0.05) is 47.2 Å². The first kappa shape index (κ1) is 17.9. The van der Waals surface area contributed by atoms with Crippen LogP contribution < -0.4 is 8.85 Å². The van der Waals surface area contributed by atoms with E-state index in [4.69, 9.17) is 0 Å². The third kappa shape index (κ3) is 3.28. The third-order valence-corrected chi connectivity index (χ3v) is 6.15. The van der Waals surface area contributed by atoms with Gasteiger partial charge in [0.2, 0.25) is 5.91 Å². The van der Waals surface area contributed by atoms with Gasteiger partial charge in [-0.15, -0.1) is 11.3 Å². The zero-order valence-electron chi connectivity index (χ0n) is 14.1. The van der Waals surface area contributed by atoms with Crippen molar-refractivity contribution in [2.45, 2.75) is 13.3 Å². The summed E-state index contributed by atoms with van der Waals surface area (Å²) in [5, 5.41) is 14.8. The number of halogens is 1. The lowest BCUT2D eigenvalue weighted by atomic mass is 9.97. The zero-order valence-corrected chi connectivity index (χ0v) is 17.1. The number of amides is 1. The monoisotopic (exact) mass is 492 g/mol. The Morgan fingerprint density at radius 3 is 2.81 bits per heavy atom. The molecule has 1 aliphatic rings. The Labute approximate surface area is 172 Å². The van der Waals surface area contributed by atoms with Crippen LogP contribution in [0.2, 0.25) is 0 Å². The van der Waals surface area contributed by atoms with Crippen molar-refractivity contribution in [2.75, 3.05) is 8.85 Å². The minimum Gasteiger partial charge on any atom is -0.326 e. The first-order valence-corrected chi connectivity index (χ1v) is 9.92. The lowest BCUT2D eigenvalue weighted by Crippen LogP contribution is -2.07. The van der Waals surface area contributed by atoms with Gasteiger partial charge in [0.15, 0.2) is 5.13 Å². The van der Waals surface area contributed by atoms with Gasteiger partial charge in [-0.05, 0) is 23.3 Å². The summed E-state index contributed by atoms with van der Waals surface area (Å²) in [6.45, 7) is 1.45. The number of nitrogens with zero attached hydrogens (tertiary/aromatic N) is 2. The summed E-state index contributed by atoms with van der Waals surface area (Å²) >= 11 is 3.65. The molecule has 0 bridgehead atoms. The highest BCUT2D eigenvalue weighted by atomic mass is 127. The average molecular weight is 492 g/mol. The standard InChI is InChI=1S/C18H13IN4O3S/c1-9(24)20-15-6-11-7-16-17(21-18(22-19)27-16)14(11)8-13(15)10-3-2-4-12(5-10)23(25)26/h2-6,8H,7H2,1H3,(H,20,24)(H,21,22). The van der Waals surface area contributed by atoms with E-state index >= 15 is 0 Å². The molecule has 2 aromatic carbocycles. The summed E-state index contributed by atoms with van der Waals surface area (Å²) in [7, 11) is 0.